The van der Waals surface area contributed by atoms with E-state index in [0.29, 0.717) is 6.54 Å². The van der Waals surface area contributed by atoms with Gasteiger partial charge < -0.3 is 10.1 Å². The second kappa shape index (κ2) is 8.98. The van der Waals surface area contributed by atoms with Crippen molar-refractivity contribution in [3.05, 3.63) is 29.8 Å². The van der Waals surface area contributed by atoms with Crippen LogP contribution in [0.5, 0.6) is 5.75 Å². The van der Waals surface area contributed by atoms with Gasteiger partial charge in [-0.05, 0) is 24.1 Å². The van der Waals surface area contributed by atoms with Crippen molar-refractivity contribution < 1.29 is 9.53 Å². The lowest BCUT2D eigenvalue weighted by molar-refractivity contribution is -0.120. The summed E-state index contributed by atoms with van der Waals surface area (Å²) in [5, 5.41) is 11.0. The molecule has 19 heavy (non-hydrogen) atoms. The van der Waals surface area contributed by atoms with Gasteiger partial charge in [-0.3, -0.25) is 4.79 Å². The fraction of sp³-hybridized carbons (Fsp3) is 0.467. The number of nitriles is 1. The van der Waals surface area contributed by atoms with Crippen LogP contribution >= 0.6 is 0 Å². The zero-order valence-electron chi connectivity index (χ0n) is 11.3. The van der Waals surface area contributed by atoms with Crippen LogP contribution in [0, 0.1) is 11.3 Å². The third-order valence-corrected chi connectivity index (χ3v) is 2.67. The number of ether oxygens (including phenoxy) is 1. The Hall–Kier alpha value is -2.02. The normalized spacial score (nSPS) is 9.68. The monoisotopic (exact) mass is 260 g/mol. The fourth-order valence-electron chi connectivity index (χ4n) is 1.58. The van der Waals surface area contributed by atoms with E-state index in [1.54, 1.807) is 0 Å². The van der Waals surface area contributed by atoms with Crippen LogP contribution in [0.25, 0.3) is 0 Å². The summed E-state index contributed by atoms with van der Waals surface area (Å²) < 4.78 is 5.60. The van der Waals surface area contributed by atoms with Gasteiger partial charge in [0.1, 0.15) is 12.2 Å². The largest absolute Gasteiger partial charge is 0.494 e. The van der Waals surface area contributed by atoms with Gasteiger partial charge >= 0.3 is 0 Å². The van der Waals surface area contributed by atoms with Gasteiger partial charge in [-0.2, -0.15) is 5.26 Å². The van der Waals surface area contributed by atoms with Crippen LogP contribution in [0.1, 0.15) is 38.2 Å². The molecular formula is C15H20N2O2. The summed E-state index contributed by atoms with van der Waals surface area (Å²) in [6, 6.07) is 9.45. The molecule has 0 aliphatic carbocycles. The van der Waals surface area contributed by atoms with Crippen LogP contribution in [0.15, 0.2) is 24.3 Å². The summed E-state index contributed by atoms with van der Waals surface area (Å²) in [6.07, 6.45) is 3.34. The molecule has 0 bridgehead atoms. The van der Waals surface area contributed by atoms with E-state index >= 15 is 0 Å². The summed E-state index contributed by atoms with van der Waals surface area (Å²) >= 11 is 0. The van der Waals surface area contributed by atoms with Crippen molar-refractivity contribution in [3.8, 4) is 11.8 Å². The van der Waals surface area contributed by atoms with E-state index in [4.69, 9.17) is 10.00 Å². The molecule has 0 aliphatic rings. The minimum Gasteiger partial charge on any atom is -0.494 e. The van der Waals surface area contributed by atoms with Crippen LogP contribution in [0.4, 0.5) is 0 Å². The Morgan fingerprint density at radius 2 is 2.05 bits per heavy atom. The molecule has 1 aromatic carbocycles. The molecule has 1 amide bonds. The predicted molar refractivity (Wildman–Crippen MR) is 73.5 cm³/mol. The molecule has 0 atom stereocenters. The van der Waals surface area contributed by atoms with Crippen molar-refractivity contribution in [2.75, 3.05) is 6.61 Å². The van der Waals surface area contributed by atoms with E-state index in [9.17, 15) is 4.79 Å². The molecule has 0 spiro atoms. The molecule has 102 valence electrons. The molecule has 0 fully saturated rings. The van der Waals surface area contributed by atoms with E-state index in [-0.39, 0.29) is 12.3 Å². The standard InChI is InChI=1S/C15H20N2O2/c1-2-3-4-11-19-14-7-5-13(6-8-14)12-17-15(18)9-10-16/h5-8H,2-4,9,11-12H2,1H3,(H,17,18). The van der Waals surface area contributed by atoms with Crippen molar-refractivity contribution in [1.29, 1.82) is 5.26 Å². The highest BCUT2D eigenvalue weighted by Gasteiger charge is 2.00. The van der Waals surface area contributed by atoms with Gasteiger partial charge in [0.15, 0.2) is 0 Å². The zero-order valence-corrected chi connectivity index (χ0v) is 11.3. The first-order valence-electron chi connectivity index (χ1n) is 6.61. The Labute approximate surface area is 114 Å². The highest BCUT2D eigenvalue weighted by molar-refractivity contribution is 5.77. The molecule has 0 unspecified atom stereocenters. The molecule has 1 rings (SSSR count). The second-order valence-corrected chi connectivity index (χ2v) is 4.31. The average Bonchev–Trinajstić information content (AvgIpc) is 2.43. The van der Waals surface area contributed by atoms with E-state index < -0.39 is 0 Å². The highest BCUT2D eigenvalue weighted by atomic mass is 16.5. The molecule has 0 saturated heterocycles. The van der Waals surface area contributed by atoms with Gasteiger partial charge in [-0.1, -0.05) is 31.9 Å². The summed E-state index contributed by atoms with van der Waals surface area (Å²) in [5.41, 5.74) is 0.993. The minimum absolute atomic E-state index is 0.0986. The number of carbonyl (C=O) groups excluding carboxylic acids is 1. The molecule has 0 saturated carbocycles. The summed E-state index contributed by atoms with van der Waals surface area (Å²) in [7, 11) is 0. The maximum absolute atomic E-state index is 11.1. The Bertz CT molecular complexity index is 421. The van der Waals surface area contributed by atoms with E-state index in [1.165, 1.54) is 12.8 Å². The lowest BCUT2D eigenvalue weighted by Gasteiger charge is -2.07. The van der Waals surface area contributed by atoms with Crippen molar-refractivity contribution >= 4 is 5.91 Å². The van der Waals surface area contributed by atoms with Crippen molar-refractivity contribution in [3.63, 3.8) is 0 Å². The second-order valence-electron chi connectivity index (χ2n) is 4.31. The van der Waals surface area contributed by atoms with E-state index in [2.05, 4.69) is 12.2 Å². The molecule has 4 nitrogen and oxygen atoms in total. The lowest BCUT2D eigenvalue weighted by Crippen LogP contribution is -2.21. The van der Waals surface area contributed by atoms with Crippen molar-refractivity contribution in [1.82, 2.24) is 5.32 Å². The topological polar surface area (TPSA) is 62.1 Å². The fourth-order valence-corrected chi connectivity index (χ4v) is 1.58. The number of hydrogen-bond acceptors (Lipinski definition) is 3. The minimum atomic E-state index is -0.248. The zero-order chi connectivity index (χ0) is 13.9. The molecular weight excluding hydrogens is 240 g/mol. The average molecular weight is 260 g/mol. The number of benzene rings is 1. The van der Waals surface area contributed by atoms with Gasteiger partial charge in [0.05, 0.1) is 12.7 Å². The smallest absolute Gasteiger partial charge is 0.234 e. The van der Waals surface area contributed by atoms with E-state index in [1.807, 2.05) is 30.3 Å². The van der Waals surface area contributed by atoms with Crippen LogP contribution in [0.3, 0.4) is 0 Å². The number of rotatable bonds is 8. The molecule has 0 aliphatic heterocycles. The van der Waals surface area contributed by atoms with Gasteiger partial charge in [0.2, 0.25) is 5.91 Å². The Morgan fingerprint density at radius 3 is 2.68 bits per heavy atom. The maximum atomic E-state index is 11.1. The Morgan fingerprint density at radius 1 is 1.32 bits per heavy atom. The molecule has 4 heteroatoms. The SMILES string of the molecule is CCCCCOc1ccc(CNC(=O)CC#N)cc1. The number of hydrogen-bond donors (Lipinski definition) is 1. The summed E-state index contributed by atoms with van der Waals surface area (Å²) in [6.45, 7) is 3.35. The van der Waals surface area contributed by atoms with Gasteiger partial charge in [0.25, 0.3) is 0 Å². The van der Waals surface area contributed by atoms with Crippen molar-refractivity contribution in [2.24, 2.45) is 0 Å². The van der Waals surface area contributed by atoms with Crippen LogP contribution in [-0.4, -0.2) is 12.5 Å². The van der Waals surface area contributed by atoms with Crippen LogP contribution < -0.4 is 10.1 Å². The van der Waals surface area contributed by atoms with Gasteiger partial charge in [0, 0.05) is 6.54 Å². The first kappa shape index (κ1) is 15.0. The Kier molecular flexibility index (Phi) is 7.11. The molecule has 0 aromatic heterocycles. The van der Waals surface area contributed by atoms with E-state index in [0.717, 1.165) is 24.3 Å². The third-order valence-electron chi connectivity index (χ3n) is 2.67. The molecule has 0 radical (unpaired) electrons. The number of amides is 1. The quantitative estimate of drug-likeness (QED) is 0.731. The van der Waals surface area contributed by atoms with Crippen LogP contribution in [0.2, 0.25) is 0 Å². The van der Waals surface area contributed by atoms with Gasteiger partial charge in [-0.25, -0.2) is 0 Å². The molecule has 1 aromatic rings. The first-order valence-corrected chi connectivity index (χ1v) is 6.61. The van der Waals surface area contributed by atoms with Gasteiger partial charge in [-0.15, -0.1) is 0 Å². The number of nitrogens with one attached hydrogen (secondary N) is 1. The lowest BCUT2D eigenvalue weighted by atomic mass is 10.2. The Balaban J connectivity index is 2.31. The number of unbranched alkanes of at least 4 members (excludes halogenated alkanes) is 2. The predicted octanol–water partition coefficient (Wildman–Crippen LogP) is 2.79. The highest BCUT2D eigenvalue weighted by Crippen LogP contribution is 2.12. The first-order chi connectivity index (χ1) is 9.26. The summed E-state index contributed by atoms with van der Waals surface area (Å²) in [5.74, 6) is 0.602. The molecule has 1 N–H and O–H groups in total. The molecule has 0 heterocycles. The van der Waals surface area contributed by atoms with Crippen molar-refractivity contribution in [2.45, 2.75) is 39.2 Å². The summed E-state index contributed by atoms with van der Waals surface area (Å²) in [4.78, 5) is 11.1. The number of nitrogens with zero attached hydrogens (tertiary/aromatic N) is 1. The maximum Gasteiger partial charge on any atom is 0.234 e. The number of carbonyl (C=O) groups is 1. The van der Waals surface area contributed by atoms with Crippen LogP contribution in [-0.2, 0) is 11.3 Å². The third kappa shape index (κ3) is 6.46.